The molecular formula is C6H16N2O3. The fraction of sp³-hybridized carbons (Fsp3) is 0.833. The fourth-order valence-electron chi connectivity index (χ4n) is 0.525. The van der Waals surface area contributed by atoms with Gasteiger partial charge in [-0.1, -0.05) is 6.92 Å². The molecule has 0 aromatic rings. The van der Waals surface area contributed by atoms with E-state index in [4.69, 9.17) is 15.9 Å². The van der Waals surface area contributed by atoms with E-state index in [0.717, 1.165) is 0 Å². The van der Waals surface area contributed by atoms with E-state index in [0.29, 0.717) is 0 Å². The Kier molecular flexibility index (Phi) is 5.97. The lowest BCUT2D eigenvalue weighted by Gasteiger charge is -2.17. The number of rotatable bonds is 3. The Hall–Kier alpha value is -0.650. The van der Waals surface area contributed by atoms with Crippen molar-refractivity contribution in [3.05, 3.63) is 0 Å². The van der Waals surface area contributed by atoms with Crippen LogP contribution in [0.4, 0.5) is 0 Å². The maximum absolute atomic E-state index is 10.2. The van der Waals surface area contributed by atoms with Crippen LogP contribution in [-0.2, 0) is 4.79 Å². The molecule has 0 aliphatic carbocycles. The van der Waals surface area contributed by atoms with Crippen molar-refractivity contribution in [2.75, 3.05) is 0 Å². The number of aliphatic hydroxyl groups is 1. The third kappa shape index (κ3) is 3.92. The molecule has 0 amide bonds. The average molecular weight is 164 g/mol. The van der Waals surface area contributed by atoms with Crippen LogP contribution in [0.25, 0.3) is 0 Å². The van der Waals surface area contributed by atoms with Gasteiger partial charge in [-0.3, -0.25) is 4.79 Å². The van der Waals surface area contributed by atoms with E-state index in [1.165, 1.54) is 6.92 Å². The molecule has 68 valence electrons. The second-order valence-electron chi connectivity index (χ2n) is 2.46. The van der Waals surface area contributed by atoms with Gasteiger partial charge in [-0.2, -0.15) is 0 Å². The Morgan fingerprint density at radius 1 is 1.45 bits per heavy atom. The average Bonchev–Trinajstić information content (AvgIpc) is 1.84. The zero-order chi connectivity index (χ0) is 8.31. The van der Waals surface area contributed by atoms with Crippen LogP contribution in [0.1, 0.15) is 13.8 Å². The van der Waals surface area contributed by atoms with E-state index in [9.17, 15) is 4.79 Å². The summed E-state index contributed by atoms with van der Waals surface area (Å²) in [7, 11) is 0. The number of hydrogen-bond donors (Lipinski definition) is 4. The largest absolute Gasteiger partial charge is 0.480 e. The monoisotopic (exact) mass is 164 g/mol. The molecule has 0 aromatic heterocycles. The van der Waals surface area contributed by atoms with Gasteiger partial charge in [0.15, 0.2) is 0 Å². The molecule has 0 saturated carbocycles. The highest BCUT2D eigenvalue weighted by Gasteiger charge is 2.23. The first-order valence-electron chi connectivity index (χ1n) is 3.13. The minimum atomic E-state index is -1.08. The molecular weight excluding hydrogens is 148 g/mol. The number of nitrogens with two attached hydrogens (primary N) is 1. The van der Waals surface area contributed by atoms with Crippen LogP contribution in [0.15, 0.2) is 0 Å². The lowest BCUT2D eigenvalue weighted by molar-refractivity contribution is -0.140. The molecule has 7 N–H and O–H groups in total. The summed E-state index contributed by atoms with van der Waals surface area (Å²) >= 11 is 0. The Labute approximate surface area is 65.8 Å². The molecule has 11 heavy (non-hydrogen) atoms. The van der Waals surface area contributed by atoms with Crippen LogP contribution in [-0.4, -0.2) is 28.3 Å². The molecule has 3 atom stereocenters. The fourth-order valence-corrected chi connectivity index (χ4v) is 0.525. The number of carbonyl (C=O) groups is 1. The minimum Gasteiger partial charge on any atom is -0.480 e. The number of aliphatic hydroxyl groups excluding tert-OH is 1. The Balaban J connectivity index is 0. The molecule has 5 nitrogen and oxygen atoms in total. The van der Waals surface area contributed by atoms with Gasteiger partial charge in [-0.15, -0.1) is 0 Å². The Bertz CT molecular complexity index is 127. The zero-order valence-corrected chi connectivity index (χ0v) is 6.82. The molecule has 0 heterocycles. The SMILES string of the molecule is CC(O)C(C)C(N)C(=O)O.N. The number of aliphatic carboxylic acids is 1. The van der Waals surface area contributed by atoms with Crippen molar-refractivity contribution in [3.63, 3.8) is 0 Å². The van der Waals surface area contributed by atoms with Crippen LogP contribution in [0.2, 0.25) is 0 Å². The third-order valence-electron chi connectivity index (χ3n) is 1.61. The molecule has 0 bridgehead atoms. The summed E-state index contributed by atoms with van der Waals surface area (Å²) < 4.78 is 0. The third-order valence-corrected chi connectivity index (χ3v) is 1.61. The van der Waals surface area contributed by atoms with Crippen molar-refractivity contribution in [2.45, 2.75) is 26.0 Å². The highest BCUT2D eigenvalue weighted by Crippen LogP contribution is 2.05. The minimum absolute atomic E-state index is 0. The van der Waals surface area contributed by atoms with E-state index in [1.807, 2.05) is 0 Å². The molecule has 0 fully saturated rings. The van der Waals surface area contributed by atoms with Crippen molar-refractivity contribution < 1.29 is 15.0 Å². The van der Waals surface area contributed by atoms with Gasteiger partial charge in [0, 0.05) is 5.92 Å². The summed E-state index contributed by atoms with van der Waals surface area (Å²) in [5.74, 6) is -1.48. The van der Waals surface area contributed by atoms with Gasteiger partial charge in [-0.25, -0.2) is 0 Å². The summed E-state index contributed by atoms with van der Waals surface area (Å²) in [6, 6.07) is -0.972. The van der Waals surface area contributed by atoms with E-state index < -0.39 is 24.0 Å². The van der Waals surface area contributed by atoms with Gasteiger partial charge in [0.05, 0.1) is 6.10 Å². The second kappa shape index (κ2) is 5.06. The number of hydrogen-bond acceptors (Lipinski definition) is 4. The molecule has 0 rings (SSSR count). The highest BCUT2D eigenvalue weighted by molar-refractivity contribution is 5.73. The summed E-state index contributed by atoms with van der Waals surface area (Å²) in [6.45, 7) is 3.12. The Morgan fingerprint density at radius 3 is 1.91 bits per heavy atom. The second-order valence-corrected chi connectivity index (χ2v) is 2.46. The first-order chi connectivity index (χ1) is 4.46. The predicted molar refractivity (Wildman–Crippen MR) is 41.5 cm³/mol. The van der Waals surface area contributed by atoms with E-state index in [-0.39, 0.29) is 6.15 Å². The topological polar surface area (TPSA) is 119 Å². The standard InChI is InChI=1S/C6H13NO3.H3N/c1-3(4(2)8)5(7)6(9)10;/h3-5,8H,7H2,1-2H3,(H,9,10);1H3. The molecule has 3 unspecified atom stereocenters. The van der Waals surface area contributed by atoms with Crippen LogP contribution >= 0.6 is 0 Å². The van der Waals surface area contributed by atoms with Gasteiger partial charge in [0.1, 0.15) is 6.04 Å². The van der Waals surface area contributed by atoms with Crippen LogP contribution in [0, 0.1) is 5.92 Å². The van der Waals surface area contributed by atoms with Crippen LogP contribution < -0.4 is 11.9 Å². The maximum Gasteiger partial charge on any atom is 0.320 e. The van der Waals surface area contributed by atoms with E-state index in [1.54, 1.807) is 6.92 Å². The van der Waals surface area contributed by atoms with E-state index in [2.05, 4.69) is 0 Å². The first kappa shape index (κ1) is 13.0. The summed E-state index contributed by atoms with van der Waals surface area (Å²) in [5.41, 5.74) is 5.20. The van der Waals surface area contributed by atoms with Crippen molar-refractivity contribution in [1.29, 1.82) is 0 Å². The molecule has 0 spiro atoms. The normalized spacial score (nSPS) is 17.8. The van der Waals surface area contributed by atoms with Gasteiger partial charge in [0.2, 0.25) is 0 Å². The van der Waals surface area contributed by atoms with Crippen molar-refractivity contribution in [1.82, 2.24) is 6.15 Å². The lowest BCUT2D eigenvalue weighted by Crippen LogP contribution is -2.41. The lowest BCUT2D eigenvalue weighted by atomic mass is 9.98. The molecule has 0 radical (unpaired) electrons. The number of carboxylic acids is 1. The van der Waals surface area contributed by atoms with Crippen molar-refractivity contribution >= 4 is 5.97 Å². The van der Waals surface area contributed by atoms with Crippen molar-refractivity contribution in [3.8, 4) is 0 Å². The summed E-state index contributed by atoms with van der Waals surface area (Å²) in [6.07, 6.45) is -0.675. The summed E-state index contributed by atoms with van der Waals surface area (Å²) in [4.78, 5) is 10.2. The molecule has 0 aromatic carbocycles. The van der Waals surface area contributed by atoms with Crippen LogP contribution in [0.5, 0.6) is 0 Å². The van der Waals surface area contributed by atoms with Gasteiger partial charge >= 0.3 is 5.97 Å². The highest BCUT2D eigenvalue weighted by atomic mass is 16.4. The van der Waals surface area contributed by atoms with E-state index >= 15 is 0 Å². The Morgan fingerprint density at radius 2 is 1.82 bits per heavy atom. The quantitative estimate of drug-likeness (QED) is 0.451. The zero-order valence-electron chi connectivity index (χ0n) is 6.82. The molecule has 0 aliphatic rings. The number of carboxylic acid groups (broad SMARTS) is 1. The molecule has 0 aliphatic heterocycles. The smallest absolute Gasteiger partial charge is 0.320 e. The first-order valence-corrected chi connectivity index (χ1v) is 3.13. The maximum atomic E-state index is 10.2. The van der Waals surface area contributed by atoms with Crippen molar-refractivity contribution in [2.24, 2.45) is 11.7 Å². The molecule has 5 heteroatoms. The van der Waals surface area contributed by atoms with Gasteiger partial charge < -0.3 is 22.1 Å². The predicted octanol–water partition coefficient (Wildman–Crippen LogP) is -0.423. The van der Waals surface area contributed by atoms with Gasteiger partial charge in [-0.05, 0) is 6.92 Å². The summed E-state index contributed by atoms with van der Waals surface area (Å²) in [5, 5.41) is 17.3. The molecule has 0 saturated heterocycles. The van der Waals surface area contributed by atoms with Crippen LogP contribution in [0.3, 0.4) is 0 Å². The van der Waals surface area contributed by atoms with Gasteiger partial charge in [0.25, 0.3) is 0 Å².